The summed E-state index contributed by atoms with van der Waals surface area (Å²) in [5, 5.41) is 4.24. The van der Waals surface area contributed by atoms with Crippen LogP contribution in [0.2, 0.25) is 5.02 Å². The fraction of sp³-hybridized carbons (Fsp3) is 0.273. The molecule has 0 bridgehead atoms. The lowest BCUT2D eigenvalue weighted by atomic mass is 10.0. The maximum Gasteiger partial charge on any atom is 0.339 e. The Morgan fingerprint density at radius 2 is 1.97 bits per heavy atom. The van der Waals surface area contributed by atoms with E-state index in [-0.39, 0.29) is 18.7 Å². The molecule has 1 N–H and O–H groups in total. The molecule has 3 aromatic rings. The van der Waals surface area contributed by atoms with Crippen molar-refractivity contribution in [1.29, 1.82) is 0 Å². The number of amides is 1. The number of rotatable bonds is 6. The van der Waals surface area contributed by atoms with Crippen LogP contribution in [0.25, 0.3) is 11.0 Å². The number of methoxy groups -OCH3 is 1. The second-order valence-corrected chi connectivity index (χ2v) is 7.40. The summed E-state index contributed by atoms with van der Waals surface area (Å²) >= 11 is 6.06. The number of benzene rings is 2. The van der Waals surface area contributed by atoms with Gasteiger partial charge in [-0.3, -0.25) is 4.79 Å². The van der Waals surface area contributed by atoms with Gasteiger partial charge in [0, 0.05) is 42.6 Å². The van der Waals surface area contributed by atoms with Gasteiger partial charge in [0.15, 0.2) is 0 Å². The molecule has 0 spiro atoms. The van der Waals surface area contributed by atoms with Crippen LogP contribution in [0.1, 0.15) is 17.5 Å². The second kappa shape index (κ2) is 8.57. The highest BCUT2D eigenvalue weighted by Gasteiger charge is 2.15. The molecular formula is C22H23ClN2O4. The molecule has 0 aliphatic rings. The molecule has 0 fully saturated rings. The van der Waals surface area contributed by atoms with Crippen LogP contribution < -0.4 is 20.6 Å². The van der Waals surface area contributed by atoms with E-state index in [0.717, 1.165) is 16.6 Å². The van der Waals surface area contributed by atoms with Gasteiger partial charge in [0.05, 0.1) is 18.5 Å². The van der Waals surface area contributed by atoms with Gasteiger partial charge in [-0.2, -0.15) is 0 Å². The van der Waals surface area contributed by atoms with Crippen molar-refractivity contribution in [2.24, 2.45) is 0 Å². The Hall–Kier alpha value is -2.99. The minimum Gasteiger partial charge on any atom is -0.497 e. The Balaban J connectivity index is 1.80. The van der Waals surface area contributed by atoms with Crippen molar-refractivity contribution in [3.8, 4) is 5.75 Å². The summed E-state index contributed by atoms with van der Waals surface area (Å²) in [6, 6.07) is 10.7. The van der Waals surface area contributed by atoms with Crippen molar-refractivity contribution in [1.82, 2.24) is 0 Å². The van der Waals surface area contributed by atoms with Crippen LogP contribution in [0.4, 0.5) is 11.4 Å². The van der Waals surface area contributed by atoms with Crippen molar-refractivity contribution in [2.45, 2.75) is 19.8 Å². The summed E-state index contributed by atoms with van der Waals surface area (Å²) < 4.78 is 10.6. The highest BCUT2D eigenvalue weighted by molar-refractivity contribution is 6.31. The maximum absolute atomic E-state index is 12.5. The molecule has 2 aromatic carbocycles. The summed E-state index contributed by atoms with van der Waals surface area (Å²) in [6.45, 7) is 1.86. The average Bonchev–Trinajstić information content (AvgIpc) is 2.67. The highest BCUT2D eigenvalue weighted by Crippen LogP contribution is 2.28. The topological polar surface area (TPSA) is 71.8 Å². The van der Waals surface area contributed by atoms with Crippen molar-refractivity contribution < 1.29 is 13.9 Å². The van der Waals surface area contributed by atoms with Crippen molar-refractivity contribution in [3.63, 3.8) is 0 Å². The molecule has 0 unspecified atom stereocenters. The van der Waals surface area contributed by atoms with Gasteiger partial charge < -0.3 is 19.4 Å². The Morgan fingerprint density at radius 1 is 1.21 bits per heavy atom. The zero-order valence-electron chi connectivity index (χ0n) is 16.8. The first-order chi connectivity index (χ1) is 13.8. The van der Waals surface area contributed by atoms with Gasteiger partial charge in [-0.05, 0) is 49.2 Å². The summed E-state index contributed by atoms with van der Waals surface area (Å²) in [6.07, 6.45) is 0.423. The van der Waals surface area contributed by atoms with Crippen LogP contribution in [0.15, 0.2) is 45.6 Å². The largest absolute Gasteiger partial charge is 0.497 e. The van der Waals surface area contributed by atoms with E-state index in [2.05, 4.69) is 5.32 Å². The maximum atomic E-state index is 12.5. The van der Waals surface area contributed by atoms with E-state index in [0.29, 0.717) is 27.6 Å². The number of ether oxygens (including phenoxy) is 1. The lowest BCUT2D eigenvalue weighted by Crippen LogP contribution is -2.19. The molecule has 7 heteroatoms. The van der Waals surface area contributed by atoms with Gasteiger partial charge in [-0.15, -0.1) is 0 Å². The first kappa shape index (κ1) is 20.7. The zero-order valence-corrected chi connectivity index (χ0v) is 17.6. The van der Waals surface area contributed by atoms with E-state index < -0.39 is 5.63 Å². The quantitative estimate of drug-likeness (QED) is 0.605. The third kappa shape index (κ3) is 4.54. The van der Waals surface area contributed by atoms with Gasteiger partial charge in [0.2, 0.25) is 5.91 Å². The summed E-state index contributed by atoms with van der Waals surface area (Å²) in [7, 11) is 5.33. The molecule has 0 aliphatic heterocycles. The standard InChI is InChI=1S/C22H23ClN2O4/c1-13-16-7-6-15(28-4)12-20(16)29-22(27)17(13)8-10-21(26)24-18-11-14(23)5-9-19(18)25(2)3/h5-7,9,11-12H,8,10H2,1-4H3,(H,24,26). The Kier molecular flexibility index (Phi) is 6.13. The number of nitrogens with zero attached hydrogens (tertiary/aromatic N) is 1. The van der Waals surface area contributed by atoms with Crippen molar-refractivity contribution in [3.05, 3.63) is 63.0 Å². The molecule has 1 heterocycles. The zero-order chi connectivity index (χ0) is 21.1. The predicted molar refractivity (Wildman–Crippen MR) is 117 cm³/mol. The first-order valence-electron chi connectivity index (χ1n) is 9.17. The van der Waals surface area contributed by atoms with E-state index in [1.165, 1.54) is 0 Å². The van der Waals surface area contributed by atoms with E-state index in [9.17, 15) is 9.59 Å². The summed E-state index contributed by atoms with van der Waals surface area (Å²) in [4.78, 5) is 26.9. The molecule has 1 amide bonds. The van der Waals surface area contributed by atoms with Crippen LogP contribution in [0, 0.1) is 6.92 Å². The normalized spacial score (nSPS) is 10.8. The number of aryl methyl sites for hydroxylation is 1. The molecule has 6 nitrogen and oxygen atoms in total. The van der Waals surface area contributed by atoms with E-state index in [4.69, 9.17) is 20.8 Å². The number of halogens is 1. The summed E-state index contributed by atoms with van der Waals surface area (Å²) in [5.74, 6) is 0.411. The summed E-state index contributed by atoms with van der Waals surface area (Å²) in [5.41, 5.74) is 2.81. The molecule has 29 heavy (non-hydrogen) atoms. The van der Waals surface area contributed by atoms with E-state index in [1.54, 1.807) is 25.3 Å². The second-order valence-electron chi connectivity index (χ2n) is 6.96. The molecule has 0 radical (unpaired) electrons. The third-order valence-corrected chi connectivity index (χ3v) is 5.05. The molecule has 3 rings (SSSR count). The Morgan fingerprint density at radius 3 is 2.66 bits per heavy atom. The molecule has 0 saturated heterocycles. The van der Waals surface area contributed by atoms with Gasteiger partial charge in [0.1, 0.15) is 11.3 Å². The average molecular weight is 415 g/mol. The minimum atomic E-state index is -0.437. The van der Waals surface area contributed by atoms with Gasteiger partial charge in [0.25, 0.3) is 0 Å². The lowest BCUT2D eigenvalue weighted by Gasteiger charge is -2.18. The predicted octanol–water partition coefficient (Wildman–Crippen LogP) is 4.40. The fourth-order valence-corrected chi connectivity index (χ4v) is 3.41. The van der Waals surface area contributed by atoms with Crippen molar-refractivity contribution >= 4 is 39.9 Å². The highest BCUT2D eigenvalue weighted by atomic mass is 35.5. The first-order valence-corrected chi connectivity index (χ1v) is 9.55. The molecule has 0 saturated carbocycles. The van der Waals surface area contributed by atoms with E-state index in [1.807, 2.05) is 44.1 Å². The molecular weight excluding hydrogens is 392 g/mol. The molecule has 0 atom stereocenters. The Bertz CT molecular complexity index is 1120. The molecule has 152 valence electrons. The smallest absolute Gasteiger partial charge is 0.339 e. The number of fused-ring (bicyclic) bond motifs is 1. The third-order valence-electron chi connectivity index (χ3n) is 4.81. The van der Waals surface area contributed by atoms with Crippen LogP contribution in [0.3, 0.4) is 0 Å². The molecule has 0 aliphatic carbocycles. The number of carbonyl (C=O) groups excluding carboxylic acids is 1. The van der Waals surface area contributed by atoms with Crippen LogP contribution in [-0.4, -0.2) is 27.1 Å². The fourth-order valence-electron chi connectivity index (χ4n) is 3.24. The van der Waals surface area contributed by atoms with Crippen LogP contribution in [-0.2, 0) is 11.2 Å². The van der Waals surface area contributed by atoms with Crippen LogP contribution in [0.5, 0.6) is 5.75 Å². The van der Waals surface area contributed by atoms with Crippen molar-refractivity contribution in [2.75, 3.05) is 31.4 Å². The van der Waals surface area contributed by atoms with Crippen LogP contribution >= 0.6 is 11.6 Å². The Labute approximate surface area is 174 Å². The number of nitrogens with one attached hydrogen (secondary N) is 1. The number of hydrogen-bond donors (Lipinski definition) is 1. The lowest BCUT2D eigenvalue weighted by molar-refractivity contribution is -0.116. The number of anilines is 2. The molecule has 1 aromatic heterocycles. The SMILES string of the molecule is COc1ccc2c(C)c(CCC(=O)Nc3cc(Cl)ccc3N(C)C)c(=O)oc2c1. The number of carbonyl (C=O) groups is 1. The van der Waals surface area contributed by atoms with Gasteiger partial charge in [-0.25, -0.2) is 4.79 Å². The monoisotopic (exact) mass is 414 g/mol. The van der Waals surface area contributed by atoms with E-state index >= 15 is 0 Å². The number of hydrogen-bond acceptors (Lipinski definition) is 5. The van der Waals surface area contributed by atoms with Gasteiger partial charge in [-0.1, -0.05) is 11.6 Å². The van der Waals surface area contributed by atoms with Gasteiger partial charge >= 0.3 is 5.63 Å². The minimum absolute atomic E-state index is 0.145.